The average Bonchev–Trinajstić information content (AvgIpc) is 2.71. The quantitative estimate of drug-likeness (QED) is 0.760. The zero-order valence-corrected chi connectivity index (χ0v) is 13.5. The molecular weight excluding hydrogens is 242 g/mol. The molecule has 1 nitrogen and oxygen atoms in total. The van der Waals surface area contributed by atoms with Crippen LogP contribution >= 0.6 is 0 Å². The van der Waals surface area contributed by atoms with Crippen LogP contribution in [0.25, 0.3) is 0 Å². The van der Waals surface area contributed by atoms with Crippen molar-refractivity contribution in [1.82, 2.24) is 5.32 Å². The van der Waals surface area contributed by atoms with Crippen molar-refractivity contribution < 1.29 is 0 Å². The van der Waals surface area contributed by atoms with Crippen LogP contribution in [-0.2, 0) is 6.42 Å². The first-order valence-corrected chi connectivity index (χ1v) is 8.50. The van der Waals surface area contributed by atoms with Gasteiger partial charge in [0, 0.05) is 6.04 Å². The summed E-state index contributed by atoms with van der Waals surface area (Å²) >= 11 is 0. The molecule has 1 saturated carbocycles. The van der Waals surface area contributed by atoms with Crippen molar-refractivity contribution in [2.75, 3.05) is 6.54 Å². The van der Waals surface area contributed by atoms with Gasteiger partial charge < -0.3 is 5.32 Å². The van der Waals surface area contributed by atoms with Gasteiger partial charge in [0.05, 0.1) is 0 Å². The van der Waals surface area contributed by atoms with E-state index < -0.39 is 0 Å². The van der Waals surface area contributed by atoms with Crippen molar-refractivity contribution in [1.29, 1.82) is 0 Å². The number of hydrogen-bond donors (Lipinski definition) is 1. The summed E-state index contributed by atoms with van der Waals surface area (Å²) in [7, 11) is 0. The summed E-state index contributed by atoms with van der Waals surface area (Å²) in [5.74, 6) is 0.873. The van der Waals surface area contributed by atoms with Gasteiger partial charge in [-0.1, -0.05) is 56.4 Å². The van der Waals surface area contributed by atoms with E-state index in [0.717, 1.165) is 12.5 Å². The Kier molecular flexibility index (Phi) is 6.09. The first kappa shape index (κ1) is 15.6. The van der Waals surface area contributed by atoms with Crippen LogP contribution in [0.1, 0.15) is 62.1 Å². The first-order valence-electron chi connectivity index (χ1n) is 8.50. The molecule has 1 heteroatoms. The lowest BCUT2D eigenvalue weighted by Crippen LogP contribution is -2.38. The van der Waals surface area contributed by atoms with Crippen LogP contribution in [-0.4, -0.2) is 12.6 Å². The van der Waals surface area contributed by atoms with E-state index in [9.17, 15) is 0 Å². The molecule has 1 unspecified atom stereocenters. The monoisotopic (exact) mass is 273 g/mol. The second-order valence-corrected chi connectivity index (χ2v) is 6.55. The van der Waals surface area contributed by atoms with E-state index >= 15 is 0 Å². The minimum absolute atomic E-state index is 0.665. The predicted octanol–water partition coefficient (Wildman–Crippen LogP) is 4.79. The Bertz CT molecular complexity index is 402. The summed E-state index contributed by atoms with van der Waals surface area (Å²) in [5.41, 5.74) is 4.38. The third-order valence-electron chi connectivity index (χ3n) is 4.88. The summed E-state index contributed by atoms with van der Waals surface area (Å²) in [5, 5.41) is 3.78. The minimum Gasteiger partial charge on any atom is -0.314 e. The fraction of sp³-hybridized carbons (Fsp3) is 0.684. The van der Waals surface area contributed by atoms with Gasteiger partial charge in [0.2, 0.25) is 0 Å². The molecule has 112 valence electrons. The van der Waals surface area contributed by atoms with Crippen molar-refractivity contribution >= 4 is 0 Å². The van der Waals surface area contributed by atoms with E-state index in [2.05, 4.69) is 44.3 Å². The van der Waals surface area contributed by atoms with Crippen molar-refractivity contribution in [2.24, 2.45) is 5.92 Å². The van der Waals surface area contributed by atoms with E-state index in [0.29, 0.717) is 6.04 Å². The number of hydrogen-bond acceptors (Lipinski definition) is 1. The maximum atomic E-state index is 3.78. The zero-order valence-electron chi connectivity index (χ0n) is 13.5. The Balaban J connectivity index is 2.09. The Morgan fingerprint density at radius 3 is 2.45 bits per heavy atom. The second kappa shape index (κ2) is 7.83. The molecule has 1 N–H and O–H groups in total. The largest absolute Gasteiger partial charge is 0.314 e. The highest BCUT2D eigenvalue weighted by Gasteiger charge is 2.22. The second-order valence-electron chi connectivity index (χ2n) is 6.55. The fourth-order valence-corrected chi connectivity index (χ4v) is 3.64. The van der Waals surface area contributed by atoms with Gasteiger partial charge in [-0.05, 0) is 56.7 Å². The minimum atomic E-state index is 0.665. The van der Waals surface area contributed by atoms with E-state index in [-0.39, 0.29) is 0 Å². The van der Waals surface area contributed by atoms with Crippen molar-refractivity contribution in [3.63, 3.8) is 0 Å². The normalized spacial score (nSPS) is 18.8. The van der Waals surface area contributed by atoms with Crippen LogP contribution in [0.3, 0.4) is 0 Å². The maximum absolute atomic E-state index is 3.78. The summed E-state index contributed by atoms with van der Waals surface area (Å²) in [6, 6.07) is 7.56. The van der Waals surface area contributed by atoms with Crippen LogP contribution in [0.5, 0.6) is 0 Å². The third kappa shape index (κ3) is 4.34. The highest BCUT2D eigenvalue weighted by Crippen LogP contribution is 2.28. The van der Waals surface area contributed by atoms with Gasteiger partial charge in [-0.3, -0.25) is 0 Å². The third-order valence-corrected chi connectivity index (χ3v) is 4.88. The van der Waals surface area contributed by atoms with Gasteiger partial charge in [0.15, 0.2) is 0 Å². The summed E-state index contributed by atoms with van der Waals surface area (Å²) < 4.78 is 0. The van der Waals surface area contributed by atoms with Crippen molar-refractivity contribution in [2.45, 2.75) is 71.8 Å². The molecule has 0 radical (unpaired) electrons. The maximum Gasteiger partial charge on any atom is 0.0136 e. The average molecular weight is 273 g/mol. The lowest BCUT2D eigenvalue weighted by Gasteiger charge is -2.28. The molecule has 1 atom stereocenters. The first-order chi connectivity index (χ1) is 9.70. The molecular formula is C19H31N. The van der Waals surface area contributed by atoms with Crippen LogP contribution in [0.15, 0.2) is 18.2 Å². The Morgan fingerprint density at radius 1 is 1.10 bits per heavy atom. The smallest absolute Gasteiger partial charge is 0.0136 e. The van der Waals surface area contributed by atoms with Gasteiger partial charge in [-0.25, -0.2) is 0 Å². The van der Waals surface area contributed by atoms with Crippen LogP contribution in [0, 0.1) is 19.8 Å². The highest BCUT2D eigenvalue weighted by molar-refractivity contribution is 5.31. The van der Waals surface area contributed by atoms with E-state index in [1.165, 1.54) is 56.1 Å². The fourth-order valence-electron chi connectivity index (χ4n) is 3.64. The molecule has 2 rings (SSSR count). The highest BCUT2D eigenvalue weighted by atomic mass is 14.9. The Morgan fingerprint density at radius 2 is 1.80 bits per heavy atom. The van der Waals surface area contributed by atoms with Gasteiger partial charge in [-0.15, -0.1) is 0 Å². The van der Waals surface area contributed by atoms with Crippen LogP contribution in [0.2, 0.25) is 0 Å². The lowest BCUT2D eigenvalue weighted by atomic mass is 9.86. The van der Waals surface area contributed by atoms with Crippen LogP contribution < -0.4 is 5.32 Å². The van der Waals surface area contributed by atoms with E-state index in [1.54, 1.807) is 5.56 Å². The molecule has 1 aromatic carbocycles. The molecule has 1 aromatic rings. The standard InChI is InChI=1S/C19H31N/c1-4-20-19(17-9-7-5-6-8-10-17)14-18-13-15(2)11-12-16(18)3/h11-13,17,19-20H,4-10,14H2,1-3H3. The summed E-state index contributed by atoms with van der Waals surface area (Å²) in [6.45, 7) is 7.79. The molecule has 0 aliphatic heterocycles. The molecule has 0 heterocycles. The van der Waals surface area contributed by atoms with E-state index in [4.69, 9.17) is 0 Å². The molecule has 1 aliphatic carbocycles. The van der Waals surface area contributed by atoms with Crippen molar-refractivity contribution in [3.8, 4) is 0 Å². The van der Waals surface area contributed by atoms with Gasteiger partial charge in [-0.2, -0.15) is 0 Å². The molecule has 0 saturated heterocycles. The Labute approximate surface area is 125 Å². The molecule has 1 fully saturated rings. The van der Waals surface area contributed by atoms with E-state index in [1.807, 2.05) is 0 Å². The van der Waals surface area contributed by atoms with Crippen molar-refractivity contribution in [3.05, 3.63) is 34.9 Å². The lowest BCUT2D eigenvalue weighted by molar-refractivity contribution is 0.321. The topological polar surface area (TPSA) is 12.0 Å². The van der Waals surface area contributed by atoms with Crippen LogP contribution in [0.4, 0.5) is 0 Å². The summed E-state index contributed by atoms with van der Waals surface area (Å²) in [6.07, 6.45) is 9.79. The zero-order chi connectivity index (χ0) is 14.4. The molecule has 0 aromatic heterocycles. The molecule has 20 heavy (non-hydrogen) atoms. The molecule has 0 amide bonds. The number of benzene rings is 1. The SMILES string of the molecule is CCNC(Cc1cc(C)ccc1C)C1CCCCCC1. The number of aryl methyl sites for hydroxylation is 2. The molecule has 1 aliphatic rings. The number of rotatable bonds is 5. The number of likely N-dealkylation sites (N-methyl/N-ethyl adjacent to an activating group) is 1. The van der Waals surface area contributed by atoms with Gasteiger partial charge in [0.1, 0.15) is 0 Å². The van der Waals surface area contributed by atoms with Gasteiger partial charge in [0.25, 0.3) is 0 Å². The Hall–Kier alpha value is -0.820. The molecule has 0 spiro atoms. The molecule has 0 bridgehead atoms. The summed E-state index contributed by atoms with van der Waals surface area (Å²) in [4.78, 5) is 0. The predicted molar refractivity (Wildman–Crippen MR) is 88.3 cm³/mol. The van der Waals surface area contributed by atoms with Gasteiger partial charge >= 0.3 is 0 Å². The number of nitrogens with one attached hydrogen (secondary N) is 1.